The van der Waals surface area contributed by atoms with Gasteiger partial charge >= 0.3 is 6.09 Å². The summed E-state index contributed by atoms with van der Waals surface area (Å²) >= 11 is 4.75. The Labute approximate surface area is 193 Å². The number of ether oxygens (including phenoxy) is 1. The maximum atomic E-state index is 12.2. The topological polar surface area (TPSA) is 56.1 Å². The molecule has 7 heteroatoms. The molecule has 0 atom stereocenters. The van der Waals surface area contributed by atoms with Crippen LogP contribution in [0.2, 0.25) is 0 Å². The minimum absolute atomic E-state index is 0.0994. The van der Waals surface area contributed by atoms with Crippen LogP contribution in [0.1, 0.15) is 51.4 Å². The normalized spacial score (nSPS) is 25.6. The largest absolute Gasteiger partial charge is 0.444 e. The van der Waals surface area contributed by atoms with Gasteiger partial charge in [0.1, 0.15) is 18.8 Å². The minimum atomic E-state index is -0.467. The number of hydrogen-bond acceptors (Lipinski definition) is 3. The van der Waals surface area contributed by atoms with Gasteiger partial charge in [-0.2, -0.15) is 0 Å². The molecule has 28 heavy (non-hydrogen) atoms. The van der Waals surface area contributed by atoms with Crippen LogP contribution in [0.4, 0.5) is 4.79 Å². The van der Waals surface area contributed by atoms with Crippen molar-refractivity contribution in [2.24, 2.45) is 0 Å². The summed E-state index contributed by atoms with van der Waals surface area (Å²) in [5.41, 5.74) is 0.875. The van der Waals surface area contributed by atoms with Crippen LogP contribution in [0.5, 0.6) is 0 Å². The Morgan fingerprint density at radius 2 is 1.82 bits per heavy atom. The van der Waals surface area contributed by atoms with E-state index in [1.807, 2.05) is 20.8 Å². The lowest BCUT2D eigenvalue weighted by Crippen LogP contribution is -2.79. The standard InChI is InChI=1S/C21H25I2N3O2/c1-19(2,3)28-18(27)25-20-11-21(12-20,13-20)26-15(24-16(22)17(26)23)10-9-14-7-5-4-6-8-14/h4-8H,9-13H2,1-3H3,(H,25,27). The number of aromatic nitrogens is 2. The fourth-order valence-electron chi connectivity index (χ4n) is 4.59. The number of amides is 1. The van der Waals surface area contributed by atoms with Crippen LogP contribution in [-0.4, -0.2) is 26.8 Å². The van der Waals surface area contributed by atoms with Crippen LogP contribution in [0.15, 0.2) is 30.3 Å². The van der Waals surface area contributed by atoms with Crippen LogP contribution in [0.3, 0.4) is 0 Å². The molecule has 1 aromatic carbocycles. The third kappa shape index (κ3) is 3.80. The molecule has 5 rings (SSSR count). The van der Waals surface area contributed by atoms with Crippen molar-refractivity contribution in [3.05, 3.63) is 49.1 Å². The molecule has 2 bridgehead atoms. The summed E-state index contributed by atoms with van der Waals surface area (Å²) in [6.07, 6.45) is 4.48. The van der Waals surface area contributed by atoms with E-state index in [4.69, 9.17) is 9.72 Å². The van der Waals surface area contributed by atoms with Crippen molar-refractivity contribution in [2.75, 3.05) is 0 Å². The molecule has 1 heterocycles. The lowest BCUT2D eigenvalue weighted by atomic mass is 9.44. The number of nitrogens with one attached hydrogen (secondary N) is 1. The average Bonchev–Trinajstić information content (AvgIpc) is 2.82. The molecule has 1 aromatic heterocycles. The van der Waals surface area contributed by atoms with Crippen LogP contribution in [0, 0.1) is 7.40 Å². The van der Waals surface area contributed by atoms with Crippen LogP contribution >= 0.6 is 45.2 Å². The van der Waals surface area contributed by atoms with E-state index in [0.29, 0.717) is 0 Å². The summed E-state index contributed by atoms with van der Waals surface area (Å²) in [5, 5.41) is 3.11. The summed E-state index contributed by atoms with van der Waals surface area (Å²) in [6.45, 7) is 5.68. The molecular formula is C21H25I2N3O2. The molecule has 0 spiro atoms. The molecule has 0 aliphatic heterocycles. The molecule has 3 aliphatic rings. The molecule has 1 amide bonds. The van der Waals surface area contributed by atoms with E-state index in [9.17, 15) is 4.79 Å². The number of alkyl carbamates (subject to hydrolysis) is 1. The molecule has 0 saturated heterocycles. The zero-order valence-electron chi connectivity index (χ0n) is 16.4. The average molecular weight is 605 g/mol. The maximum Gasteiger partial charge on any atom is 0.408 e. The number of rotatable bonds is 5. The highest BCUT2D eigenvalue weighted by Crippen LogP contribution is 2.66. The van der Waals surface area contributed by atoms with E-state index in [0.717, 1.165) is 41.6 Å². The highest BCUT2D eigenvalue weighted by atomic mass is 127. The van der Waals surface area contributed by atoms with Crippen LogP contribution in [-0.2, 0) is 23.1 Å². The van der Waals surface area contributed by atoms with E-state index in [2.05, 4.69) is 85.4 Å². The Hall–Kier alpha value is -0.840. The highest BCUT2D eigenvalue weighted by molar-refractivity contribution is 14.1. The van der Waals surface area contributed by atoms with E-state index in [1.165, 1.54) is 9.26 Å². The number of nitrogens with zero attached hydrogens (tertiary/aromatic N) is 2. The number of imidazole rings is 1. The predicted octanol–water partition coefficient (Wildman–Crippen LogP) is 5.03. The number of carbonyl (C=O) groups is 1. The fourth-order valence-corrected chi connectivity index (χ4v) is 6.02. The van der Waals surface area contributed by atoms with E-state index < -0.39 is 5.60 Å². The van der Waals surface area contributed by atoms with Gasteiger partial charge in [0.2, 0.25) is 0 Å². The molecule has 1 N–H and O–H groups in total. The lowest BCUT2D eigenvalue weighted by Gasteiger charge is -2.70. The van der Waals surface area contributed by atoms with Crippen molar-refractivity contribution >= 4 is 51.3 Å². The Morgan fingerprint density at radius 3 is 2.43 bits per heavy atom. The number of carbonyl (C=O) groups excluding carboxylic acids is 1. The van der Waals surface area contributed by atoms with Gasteiger partial charge in [-0.1, -0.05) is 30.3 Å². The van der Waals surface area contributed by atoms with E-state index in [1.54, 1.807) is 0 Å². The number of hydrogen-bond donors (Lipinski definition) is 1. The second-order valence-electron chi connectivity index (χ2n) is 9.09. The first-order valence-corrected chi connectivity index (χ1v) is 11.8. The van der Waals surface area contributed by atoms with Crippen molar-refractivity contribution in [2.45, 2.75) is 69.6 Å². The van der Waals surface area contributed by atoms with Gasteiger partial charge in [0.25, 0.3) is 0 Å². The second-order valence-corrected chi connectivity index (χ2v) is 11.1. The summed E-state index contributed by atoms with van der Waals surface area (Å²) in [4.78, 5) is 17.0. The molecule has 3 aliphatic carbocycles. The quantitative estimate of drug-likeness (QED) is 0.487. The fraction of sp³-hybridized carbons (Fsp3) is 0.524. The van der Waals surface area contributed by atoms with Gasteiger partial charge in [0.05, 0.1) is 11.1 Å². The van der Waals surface area contributed by atoms with Crippen molar-refractivity contribution < 1.29 is 9.53 Å². The van der Waals surface area contributed by atoms with Gasteiger partial charge in [-0.15, -0.1) is 0 Å². The predicted molar refractivity (Wildman–Crippen MR) is 125 cm³/mol. The zero-order chi connectivity index (χ0) is 20.2. The molecule has 0 unspecified atom stereocenters. The molecule has 150 valence electrons. The van der Waals surface area contributed by atoms with E-state index in [-0.39, 0.29) is 17.2 Å². The summed E-state index contributed by atoms with van der Waals surface area (Å²) in [6, 6.07) is 10.6. The molecule has 5 nitrogen and oxygen atoms in total. The number of aryl methyl sites for hydroxylation is 2. The third-order valence-corrected chi connectivity index (χ3v) is 8.35. The second kappa shape index (κ2) is 7.14. The molecule has 3 saturated carbocycles. The number of halogens is 2. The monoisotopic (exact) mass is 605 g/mol. The van der Waals surface area contributed by atoms with Crippen molar-refractivity contribution in [3.8, 4) is 0 Å². The highest BCUT2D eigenvalue weighted by Gasteiger charge is 2.70. The van der Waals surface area contributed by atoms with Crippen molar-refractivity contribution in [1.29, 1.82) is 0 Å². The lowest BCUT2D eigenvalue weighted by molar-refractivity contribution is -0.138. The first-order chi connectivity index (χ1) is 13.1. The summed E-state index contributed by atoms with van der Waals surface area (Å²) in [5.74, 6) is 1.16. The van der Waals surface area contributed by atoms with Crippen LogP contribution < -0.4 is 5.32 Å². The van der Waals surface area contributed by atoms with Gasteiger partial charge in [0, 0.05) is 6.42 Å². The maximum absolute atomic E-state index is 12.2. The van der Waals surface area contributed by atoms with Crippen molar-refractivity contribution in [3.63, 3.8) is 0 Å². The molecule has 3 fully saturated rings. The number of benzene rings is 1. The zero-order valence-corrected chi connectivity index (χ0v) is 20.7. The first-order valence-electron chi connectivity index (χ1n) is 9.60. The molecular weight excluding hydrogens is 580 g/mol. The van der Waals surface area contributed by atoms with Gasteiger partial charge in [0.15, 0.2) is 0 Å². The minimum Gasteiger partial charge on any atom is -0.444 e. The smallest absolute Gasteiger partial charge is 0.408 e. The summed E-state index contributed by atoms with van der Waals surface area (Å²) in [7, 11) is 0. The summed E-state index contributed by atoms with van der Waals surface area (Å²) < 4.78 is 10.2. The Kier molecular flexibility index (Phi) is 5.21. The SMILES string of the molecule is CC(C)(C)OC(=O)NC12CC(n3c(CCc4ccccc4)nc(I)c3I)(C1)C2. The van der Waals surface area contributed by atoms with E-state index >= 15 is 0 Å². The van der Waals surface area contributed by atoms with Gasteiger partial charge in [-0.3, -0.25) is 0 Å². The Morgan fingerprint density at radius 1 is 1.18 bits per heavy atom. The Bertz CT molecular complexity index is 883. The first kappa shape index (κ1) is 20.4. The Balaban J connectivity index is 1.44. The third-order valence-electron chi connectivity index (χ3n) is 5.57. The molecule has 0 radical (unpaired) electrons. The van der Waals surface area contributed by atoms with Gasteiger partial charge in [-0.05, 0) is 97.2 Å². The van der Waals surface area contributed by atoms with Gasteiger partial charge in [-0.25, -0.2) is 9.78 Å². The van der Waals surface area contributed by atoms with Gasteiger partial charge < -0.3 is 14.6 Å². The molecule has 2 aromatic rings. The van der Waals surface area contributed by atoms with Crippen molar-refractivity contribution in [1.82, 2.24) is 14.9 Å². The van der Waals surface area contributed by atoms with Crippen LogP contribution in [0.25, 0.3) is 0 Å².